The lowest BCUT2D eigenvalue weighted by Crippen LogP contribution is -2.48. The predicted octanol–water partition coefficient (Wildman–Crippen LogP) is 3.00. The van der Waals surface area contributed by atoms with Crippen molar-refractivity contribution in [1.82, 2.24) is 15.2 Å². The number of carbonyl (C=O) groups is 2. The van der Waals surface area contributed by atoms with Crippen LogP contribution in [0.4, 0.5) is 5.13 Å². The molecule has 7 heteroatoms. The van der Waals surface area contributed by atoms with E-state index in [1.54, 1.807) is 11.3 Å². The lowest BCUT2D eigenvalue weighted by atomic mass is 9.88. The lowest BCUT2D eigenvalue weighted by molar-refractivity contribution is -0.131. The minimum absolute atomic E-state index is 0.0958. The first-order valence-electron chi connectivity index (χ1n) is 11.4. The number of aromatic nitrogens is 1. The van der Waals surface area contributed by atoms with E-state index in [1.807, 2.05) is 11.8 Å². The van der Waals surface area contributed by atoms with Gasteiger partial charge < -0.3 is 15.1 Å². The Kier molecular flexibility index (Phi) is 6.73. The summed E-state index contributed by atoms with van der Waals surface area (Å²) in [4.78, 5) is 35.0. The zero-order valence-electron chi connectivity index (χ0n) is 17.6. The zero-order chi connectivity index (χ0) is 20.2. The molecule has 160 valence electrons. The molecule has 1 aliphatic heterocycles. The van der Waals surface area contributed by atoms with Gasteiger partial charge in [-0.3, -0.25) is 9.59 Å². The van der Waals surface area contributed by atoms with Crippen molar-refractivity contribution in [3.63, 3.8) is 0 Å². The first-order chi connectivity index (χ1) is 14.1. The Hall–Kier alpha value is -1.63. The first kappa shape index (κ1) is 20.6. The Bertz CT molecular complexity index is 720. The van der Waals surface area contributed by atoms with E-state index in [1.165, 1.54) is 42.7 Å². The molecule has 0 radical (unpaired) electrons. The van der Waals surface area contributed by atoms with Crippen LogP contribution in [0.15, 0.2) is 0 Å². The first-order valence-corrected chi connectivity index (χ1v) is 12.2. The molecular weight excluding hydrogens is 384 g/mol. The van der Waals surface area contributed by atoms with Gasteiger partial charge in [0.25, 0.3) is 0 Å². The van der Waals surface area contributed by atoms with Gasteiger partial charge in [0.2, 0.25) is 11.8 Å². The number of amides is 2. The van der Waals surface area contributed by atoms with E-state index >= 15 is 0 Å². The highest BCUT2D eigenvalue weighted by Gasteiger charge is 2.30. The molecule has 2 heterocycles. The minimum Gasteiger partial charge on any atom is -0.356 e. The third-order valence-electron chi connectivity index (χ3n) is 6.79. The van der Waals surface area contributed by atoms with Gasteiger partial charge in [0.15, 0.2) is 5.13 Å². The molecule has 1 aromatic rings. The third-order valence-corrected chi connectivity index (χ3v) is 7.97. The van der Waals surface area contributed by atoms with Gasteiger partial charge in [0.05, 0.1) is 5.69 Å². The van der Waals surface area contributed by atoms with Crippen LogP contribution < -0.4 is 10.2 Å². The number of hydrogen-bond donors (Lipinski definition) is 1. The number of piperazine rings is 1. The summed E-state index contributed by atoms with van der Waals surface area (Å²) in [6.45, 7) is 6.04. The second kappa shape index (κ2) is 9.45. The van der Waals surface area contributed by atoms with Crippen LogP contribution in [0.5, 0.6) is 0 Å². The van der Waals surface area contributed by atoms with Gasteiger partial charge in [-0.15, -0.1) is 11.3 Å². The lowest BCUT2D eigenvalue weighted by Gasteiger charge is -2.34. The van der Waals surface area contributed by atoms with Crippen molar-refractivity contribution in [2.75, 3.05) is 37.6 Å². The van der Waals surface area contributed by atoms with Crippen LogP contribution in [0, 0.1) is 11.8 Å². The maximum atomic E-state index is 12.7. The summed E-state index contributed by atoms with van der Waals surface area (Å²) in [5.41, 5.74) is 1.19. The molecule has 2 aliphatic carbocycles. The monoisotopic (exact) mass is 418 g/mol. The molecule has 0 unspecified atom stereocenters. The summed E-state index contributed by atoms with van der Waals surface area (Å²) in [5.74, 6) is 1.26. The number of nitrogens with zero attached hydrogens (tertiary/aromatic N) is 3. The van der Waals surface area contributed by atoms with Gasteiger partial charge >= 0.3 is 0 Å². The molecule has 4 rings (SSSR count). The van der Waals surface area contributed by atoms with Gasteiger partial charge in [-0.25, -0.2) is 4.98 Å². The summed E-state index contributed by atoms with van der Waals surface area (Å²) >= 11 is 1.76. The molecule has 6 nitrogen and oxygen atoms in total. The van der Waals surface area contributed by atoms with E-state index in [-0.39, 0.29) is 17.7 Å². The van der Waals surface area contributed by atoms with E-state index in [0.717, 1.165) is 57.1 Å². The smallest absolute Gasteiger partial charge is 0.223 e. The van der Waals surface area contributed by atoms with Gasteiger partial charge in [-0.05, 0) is 38.0 Å². The Morgan fingerprint density at radius 3 is 2.59 bits per heavy atom. The van der Waals surface area contributed by atoms with Crippen molar-refractivity contribution < 1.29 is 9.59 Å². The summed E-state index contributed by atoms with van der Waals surface area (Å²) in [7, 11) is 0. The fourth-order valence-electron chi connectivity index (χ4n) is 4.87. The summed E-state index contributed by atoms with van der Waals surface area (Å²) in [6, 6.07) is 0. The van der Waals surface area contributed by atoms with Gasteiger partial charge in [-0.2, -0.15) is 0 Å². The molecule has 0 bridgehead atoms. The molecule has 29 heavy (non-hydrogen) atoms. The second-order valence-electron chi connectivity index (χ2n) is 8.78. The number of thiazole rings is 1. The fourth-order valence-corrected chi connectivity index (χ4v) is 6.11. The van der Waals surface area contributed by atoms with Crippen molar-refractivity contribution in [2.45, 2.75) is 64.7 Å². The number of anilines is 1. The topological polar surface area (TPSA) is 65.5 Å². The van der Waals surface area contributed by atoms with Crippen LogP contribution >= 0.6 is 11.3 Å². The van der Waals surface area contributed by atoms with Crippen molar-refractivity contribution in [1.29, 1.82) is 0 Å². The molecule has 3 aliphatic rings. The average Bonchev–Trinajstić information content (AvgIpc) is 3.21. The fraction of sp³-hybridized carbons (Fsp3) is 0.773. The molecule has 1 N–H and O–H groups in total. The van der Waals surface area contributed by atoms with E-state index in [4.69, 9.17) is 4.98 Å². The second-order valence-corrected chi connectivity index (χ2v) is 9.84. The number of aryl methyl sites for hydroxylation is 1. The van der Waals surface area contributed by atoms with Crippen molar-refractivity contribution >= 4 is 28.3 Å². The maximum absolute atomic E-state index is 12.7. The number of rotatable bonds is 5. The van der Waals surface area contributed by atoms with Crippen LogP contribution in [0.2, 0.25) is 0 Å². The summed E-state index contributed by atoms with van der Waals surface area (Å²) in [6.07, 6.45) is 9.75. The van der Waals surface area contributed by atoms with E-state index in [2.05, 4.69) is 10.2 Å². The van der Waals surface area contributed by atoms with Crippen molar-refractivity contribution in [2.24, 2.45) is 11.8 Å². The van der Waals surface area contributed by atoms with Crippen molar-refractivity contribution in [3.05, 3.63) is 10.6 Å². The van der Waals surface area contributed by atoms with Crippen molar-refractivity contribution in [3.8, 4) is 0 Å². The average molecular weight is 419 g/mol. The largest absolute Gasteiger partial charge is 0.356 e. The van der Waals surface area contributed by atoms with E-state index in [0.29, 0.717) is 12.3 Å². The van der Waals surface area contributed by atoms with Crippen LogP contribution in [-0.2, 0) is 22.4 Å². The van der Waals surface area contributed by atoms with Crippen LogP contribution in [0.3, 0.4) is 0 Å². The van der Waals surface area contributed by atoms with Crippen LogP contribution in [0.25, 0.3) is 0 Å². The maximum Gasteiger partial charge on any atom is 0.223 e. The normalized spacial score (nSPS) is 23.0. The molecule has 2 fully saturated rings. The highest BCUT2D eigenvalue weighted by molar-refractivity contribution is 7.15. The highest BCUT2D eigenvalue weighted by Crippen LogP contribution is 2.34. The minimum atomic E-state index is 0.0958. The molecule has 1 saturated heterocycles. The number of nitrogens with one attached hydrogen (secondary N) is 1. The molecule has 1 saturated carbocycles. The zero-order valence-corrected chi connectivity index (χ0v) is 18.4. The van der Waals surface area contributed by atoms with Crippen LogP contribution in [0.1, 0.15) is 62.4 Å². The van der Waals surface area contributed by atoms with E-state index < -0.39 is 0 Å². The molecule has 2 amide bonds. The van der Waals surface area contributed by atoms with Crippen LogP contribution in [-0.4, -0.2) is 54.4 Å². The van der Waals surface area contributed by atoms with Gasteiger partial charge in [0.1, 0.15) is 0 Å². The molecule has 1 atom stereocenters. The number of fused-ring (bicyclic) bond motifs is 1. The Labute approximate surface area is 178 Å². The SMILES string of the molecule is CCC(=O)N1CCN(c2nc3c(s2)C[C@H](C(=O)NCC2CCCCC2)CC3)CC1. The molecular formula is C22H34N4O2S. The quantitative estimate of drug-likeness (QED) is 0.798. The molecule has 0 aromatic carbocycles. The summed E-state index contributed by atoms with van der Waals surface area (Å²) < 4.78 is 0. The Morgan fingerprint density at radius 2 is 1.86 bits per heavy atom. The Balaban J connectivity index is 1.29. The number of hydrogen-bond acceptors (Lipinski definition) is 5. The summed E-state index contributed by atoms with van der Waals surface area (Å²) in [5, 5.41) is 4.31. The van der Waals surface area contributed by atoms with Gasteiger partial charge in [0, 0.05) is 49.9 Å². The Morgan fingerprint density at radius 1 is 1.10 bits per heavy atom. The number of carbonyl (C=O) groups excluding carboxylic acids is 2. The highest BCUT2D eigenvalue weighted by atomic mass is 32.1. The third kappa shape index (κ3) is 4.93. The predicted molar refractivity (Wildman–Crippen MR) is 116 cm³/mol. The molecule has 1 aromatic heterocycles. The van der Waals surface area contributed by atoms with Gasteiger partial charge in [-0.1, -0.05) is 26.2 Å². The standard InChI is InChI=1S/C22H34N4O2S/c1-2-20(27)25-10-12-26(13-11-25)22-24-18-9-8-17(14-19(18)29-22)21(28)23-15-16-6-4-3-5-7-16/h16-17H,2-15H2,1H3,(H,23,28)/t17-/m1/s1. The van der Waals surface area contributed by atoms with E-state index in [9.17, 15) is 9.59 Å². The molecule has 0 spiro atoms.